The van der Waals surface area contributed by atoms with Crippen LogP contribution in [0.2, 0.25) is 0 Å². The first-order valence-electron chi connectivity index (χ1n) is 5.13. The van der Waals surface area contributed by atoms with Crippen LogP contribution in [0, 0.1) is 5.82 Å². The Bertz CT molecular complexity index is 325. The summed E-state index contributed by atoms with van der Waals surface area (Å²) in [6.07, 6.45) is 1.20. The number of benzene rings is 1. The summed E-state index contributed by atoms with van der Waals surface area (Å²) >= 11 is 0. The summed E-state index contributed by atoms with van der Waals surface area (Å²) in [6.45, 7) is 2.94. The van der Waals surface area contributed by atoms with Gasteiger partial charge in [-0.05, 0) is 31.5 Å². The van der Waals surface area contributed by atoms with Crippen molar-refractivity contribution in [3.8, 4) is 0 Å². The van der Waals surface area contributed by atoms with Crippen molar-refractivity contribution in [3.63, 3.8) is 0 Å². The van der Waals surface area contributed by atoms with Gasteiger partial charge < -0.3 is 5.32 Å². The molecule has 3 heteroatoms. The Kier molecular flexibility index (Phi) is 4.98. The van der Waals surface area contributed by atoms with E-state index in [9.17, 15) is 9.18 Å². The highest BCUT2D eigenvalue weighted by molar-refractivity contribution is 5.75. The van der Waals surface area contributed by atoms with Crippen molar-refractivity contribution < 1.29 is 9.18 Å². The first-order valence-corrected chi connectivity index (χ1v) is 5.13. The van der Waals surface area contributed by atoms with Crippen molar-refractivity contribution in [3.05, 3.63) is 35.6 Å². The summed E-state index contributed by atoms with van der Waals surface area (Å²) in [5.41, 5.74) is 0.716. The third-order valence-corrected chi connectivity index (χ3v) is 2.18. The summed E-state index contributed by atoms with van der Waals surface area (Å²) in [5, 5.41) is 3.10. The Hall–Kier alpha value is -1.22. The quantitative estimate of drug-likeness (QED) is 0.725. The molecule has 0 saturated carbocycles. The number of nitrogens with one attached hydrogen (secondary N) is 1. The van der Waals surface area contributed by atoms with Gasteiger partial charge in [0.2, 0.25) is 0 Å². The lowest BCUT2D eigenvalue weighted by molar-refractivity contribution is -0.116. The van der Waals surface area contributed by atoms with Crippen molar-refractivity contribution in [2.45, 2.75) is 19.8 Å². The highest BCUT2D eigenvalue weighted by Gasteiger charge is 1.99. The fraction of sp³-hybridized carbons (Fsp3) is 0.417. The number of Topliss-reactive ketones (excluding diaryl/α,β-unsaturated/α-hetero) is 1. The zero-order valence-corrected chi connectivity index (χ0v) is 8.92. The van der Waals surface area contributed by atoms with Gasteiger partial charge in [-0.25, -0.2) is 4.39 Å². The van der Waals surface area contributed by atoms with Crippen molar-refractivity contribution in [1.82, 2.24) is 5.32 Å². The van der Waals surface area contributed by atoms with Gasteiger partial charge in [0, 0.05) is 13.0 Å². The number of hydrogen-bond donors (Lipinski definition) is 1. The van der Waals surface area contributed by atoms with Crippen LogP contribution in [0.4, 0.5) is 4.39 Å². The predicted octanol–water partition coefficient (Wildman–Crippen LogP) is 1.94. The number of carbonyl (C=O) groups excluding carboxylic acids is 1. The van der Waals surface area contributed by atoms with E-state index in [1.54, 1.807) is 19.1 Å². The van der Waals surface area contributed by atoms with Crippen LogP contribution in [0.15, 0.2) is 24.3 Å². The Labute approximate surface area is 89.5 Å². The predicted molar refractivity (Wildman–Crippen MR) is 58.3 cm³/mol. The molecule has 82 valence electrons. The van der Waals surface area contributed by atoms with Crippen LogP contribution in [0.3, 0.4) is 0 Å². The minimum Gasteiger partial charge on any atom is -0.316 e. The largest absolute Gasteiger partial charge is 0.316 e. The first kappa shape index (κ1) is 11.9. The molecule has 2 nitrogen and oxygen atoms in total. The second-order valence-electron chi connectivity index (χ2n) is 3.54. The molecule has 0 atom stereocenters. The molecule has 0 unspecified atom stereocenters. The van der Waals surface area contributed by atoms with Gasteiger partial charge in [-0.3, -0.25) is 4.79 Å². The molecule has 1 aromatic carbocycles. The standard InChI is InChI=1S/C12H16FNO/c1-10(15)6-8-14-9-7-11-4-2-3-5-12(11)13/h2-5,14H,6-9H2,1H3. The molecule has 0 aromatic heterocycles. The molecule has 0 aliphatic rings. The van der Waals surface area contributed by atoms with Crippen LogP contribution >= 0.6 is 0 Å². The summed E-state index contributed by atoms with van der Waals surface area (Å²) in [4.78, 5) is 10.6. The molecule has 0 heterocycles. The van der Waals surface area contributed by atoms with E-state index in [0.29, 0.717) is 31.5 Å². The highest BCUT2D eigenvalue weighted by atomic mass is 19.1. The highest BCUT2D eigenvalue weighted by Crippen LogP contribution is 2.05. The number of carbonyl (C=O) groups is 1. The number of hydrogen-bond acceptors (Lipinski definition) is 2. The van der Waals surface area contributed by atoms with E-state index in [0.717, 1.165) is 0 Å². The molecule has 0 spiro atoms. The molecule has 0 bridgehead atoms. The topological polar surface area (TPSA) is 29.1 Å². The van der Waals surface area contributed by atoms with Crippen molar-refractivity contribution >= 4 is 5.78 Å². The van der Waals surface area contributed by atoms with Crippen LogP contribution in [-0.4, -0.2) is 18.9 Å². The van der Waals surface area contributed by atoms with Crippen molar-refractivity contribution in [1.29, 1.82) is 0 Å². The molecule has 0 saturated heterocycles. The lowest BCUT2D eigenvalue weighted by Gasteiger charge is -2.04. The van der Waals surface area contributed by atoms with Gasteiger partial charge in [0.25, 0.3) is 0 Å². The Morgan fingerprint density at radius 1 is 1.33 bits per heavy atom. The summed E-state index contributed by atoms with van der Waals surface area (Å²) in [6, 6.07) is 6.75. The molecule has 15 heavy (non-hydrogen) atoms. The second kappa shape index (κ2) is 6.30. The van der Waals surface area contributed by atoms with E-state index < -0.39 is 0 Å². The Morgan fingerprint density at radius 2 is 2.07 bits per heavy atom. The summed E-state index contributed by atoms with van der Waals surface area (Å²) in [7, 11) is 0. The SMILES string of the molecule is CC(=O)CCNCCc1ccccc1F. The molecular formula is C12H16FNO. The molecule has 0 aliphatic heterocycles. The normalized spacial score (nSPS) is 10.3. The maximum Gasteiger partial charge on any atom is 0.131 e. The van der Waals surface area contributed by atoms with Gasteiger partial charge in [0.15, 0.2) is 0 Å². The first-order chi connectivity index (χ1) is 7.20. The molecule has 1 rings (SSSR count). The zero-order chi connectivity index (χ0) is 11.1. The van der Waals surface area contributed by atoms with E-state index in [1.165, 1.54) is 6.07 Å². The molecule has 0 fully saturated rings. The van der Waals surface area contributed by atoms with Gasteiger partial charge in [0.1, 0.15) is 11.6 Å². The summed E-state index contributed by atoms with van der Waals surface area (Å²) in [5.74, 6) is 0.0132. The maximum atomic E-state index is 13.1. The Balaban J connectivity index is 2.21. The molecule has 0 radical (unpaired) electrons. The average Bonchev–Trinajstić information content (AvgIpc) is 2.20. The minimum atomic E-state index is -0.161. The third kappa shape index (κ3) is 4.70. The smallest absolute Gasteiger partial charge is 0.131 e. The number of rotatable bonds is 6. The van der Waals surface area contributed by atoms with E-state index in [4.69, 9.17) is 0 Å². The maximum absolute atomic E-state index is 13.1. The van der Waals surface area contributed by atoms with Crippen LogP contribution in [0.25, 0.3) is 0 Å². The monoisotopic (exact) mass is 209 g/mol. The lowest BCUT2D eigenvalue weighted by Crippen LogP contribution is -2.20. The van der Waals surface area contributed by atoms with Gasteiger partial charge in [-0.1, -0.05) is 18.2 Å². The Morgan fingerprint density at radius 3 is 2.73 bits per heavy atom. The van der Waals surface area contributed by atoms with E-state index in [1.807, 2.05) is 6.07 Å². The summed E-state index contributed by atoms with van der Waals surface area (Å²) < 4.78 is 13.1. The van der Waals surface area contributed by atoms with Gasteiger partial charge >= 0.3 is 0 Å². The van der Waals surface area contributed by atoms with Crippen LogP contribution in [0.1, 0.15) is 18.9 Å². The third-order valence-electron chi connectivity index (χ3n) is 2.18. The fourth-order valence-corrected chi connectivity index (χ4v) is 1.31. The lowest BCUT2D eigenvalue weighted by atomic mass is 10.1. The molecule has 1 aromatic rings. The van der Waals surface area contributed by atoms with Crippen molar-refractivity contribution in [2.75, 3.05) is 13.1 Å². The molecule has 0 aliphatic carbocycles. The van der Waals surface area contributed by atoms with Crippen LogP contribution < -0.4 is 5.32 Å². The molecule has 1 N–H and O–H groups in total. The fourth-order valence-electron chi connectivity index (χ4n) is 1.31. The van der Waals surface area contributed by atoms with Crippen molar-refractivity contribution in [2.24, 2.45) is 0 Å². The van der Waals surface area contributed by atoms with E-state index in [-0.39, 0.29) is 11.6 Å². The number of ketones is 1. The zero-order valence-electron chi connectivity index (χ0n) is 8.92. The van der Waals surface area contributed by atoms with E-state index >= 15 is 0 Å². The van der Waals surface area contributed by atoms with Crippen LogP contribution in [-0.2, 0) is 11.2 Å². The minimum absolute atomic E-state index is 0.161. The molecular weight excluding hydrogens is 193 g/mol. The van der Waals surface area contributed by atoms with Gasteiger partial charge in [0.05, 0.1) is 0 Å². The second-order valence-corrected chi connectivity index (χ2v) is 3.54. The average molecular weight is 209 g/mol. The van der Waals surface area contributed by atoms with Gasteiger partial charge in [-0.2, -0.15) is 0 Å². The van der Waals surface area contributed by atoms with Crippen LogP contribution in [0.5, 0.6) is 0 Å². The van der Waals surface area contributed by atoms with Gasteiger partial charge in [-0.15, -0.1) is 0 Å². The number of halogens is 1. The molecule has 0 amide bonds. The van der Waals surface area contributed by atoms with E-state index in [2.05, 4.69) is 5.32 Å².